The Labute approximate surface area is 171 Å². The number of nitrogens with zero attached hydrogens (tertiary/aromatic N) is 2. The van der Waals surface area contributed by atoms with Gasteiger partial charge in [0.1, 0.15) is 11.6 Å². The molecule has 10 heteroatoms. The molecule has 0 fully saturated rings. The molecule has 0 radical (unpaired) electrons. The van der Waals surface area contributed by atoms with Crippen LogP contribution in [0.15, 0.2) is 39.9 Å². The second kappa shape index (κ2) is 10.4. The van der Waals surface area contributed by atoms with Gasteiger partial charge in [-0.3, -0.25) is 19.1 Å². The molecular weight excluding hydrogens is 398 g/mol. The fourth-order valence-corrected chi connectivity index (χ4v) is 2.82. The number of aromatic nitrogens is 2. The standard InChI is InChI=1S/C20H24F2N4O4/c1-3-5-12-26-17(23)16(18(28)24-20(26)29)25(4-2)15(27)11-8-13-6-9-14(10-7-13)30-19(21)22/h6-11,19H,3-5,12,23H2,1-2H3,(H,24,28,29). The van der Waals surface area contributed by atoms with E-state index < -0.39 is 23.8 Å². The molecule has 1 amide bonds. The van der Waals surface area contributed by atoms with Crippen molar-refractivity contribution < 1.29 is 18.3 Å². The fraction of sp³-hybridized carbons (Fsp3) is 0.350. The number of amides is 1. The maximum absolute atomic E-state index is 12.7. The van der Waals surface area contributed by atoms with E-state index in [1.165, 1.54) is 45.9 Å². The van der Waals surface area contributed by atoms with Crippen LogP contribution >= 0.6 is 0 Å². The lowest BCUT2D eigenvalue weighted by molar-refractivity contribution is -0.114. The summed E-state index contributed by atoms with van der Waals surface area (Å²) in [6.45, 7) is 1.16. The predicted octanol–water partition coefficient (Wildman–Crippen LogP) is 2.59. The third kappa shape index (κ3) is 5.56. The summed E-state index contributed by atoms with van der Waals surface area (Å²) in [7, 11) is 0. The third-order valence-corrected chi connectivity index (χ3v) is 4.33. The van der Waals surface area contributed by atoms with Gasteiger partial charge in [0.15, 0.2) is 5.69 Å². The number of carbonyl (C=O) groups excluding carboxylic acids is 1. The van der Waals surface area contributed by atoms with Gasteiger partial charge in [-0.15, -0.1) is 0 Å². The zero-order chi connectivity index (χ0) is 22.3. The van der Waals surface area contributed by atoms with Gasteiger partial charge < -0.3 is 15.4 Å². The number of aromatic amines is 1. The van der Waals surface area contributed by atoms with Crippen LogP contribution in [0.25, 0.3) is 6.08 Å². The molecule has 0 spiro atoms. The minimum absolute atomic E-state index is 0.00250. The van der Waals surface area contributed by atoms with Gasteiger partial charge in [-0.05, 0) is 37.1 Å². The molecule has 0 unspecified atom stereocenters. The maximum Gasteiger partial charge on any atom is 0.387 e. The van der Waals surface area contributed by atoms with Crippen molar-refractivity contribution in [1.82, 2.24) is 9.55 Å². The van der Waals surface area contributed by atoms with Gasteiger partial charge in [-0.25, -0.2) is 4.79 Å². The molecule has 1 aromatic heterocycles. The third-order valence-electron chi connectivity index (χ3n) is 4.33. The normalized spacial score (nSPS) is 11.2. The first-order chi connectivity index (χ1) is 14.3. The zero-order valence-corrected chi connectivity index (χ0v) is 16.7. The molecule has 0 aliphatic carbocycles. The van der Waals surface area contributed by atoms with E-state index in [4.69, 9.17) is 5.73 Å². The Morgan fingerprint density at radius 2 is 1.93 bits per heavy atom. The van der Waals surface area contributed by atoms with Crippen LogP contribution in [0, 0.1) is 0 Å². The van der Waals surface area contributed by atoms with Gasteiger partial charge in [0.05, 0.1) is 0 Å². The average molecular weight is 422 g/mol. The number of unbranched alkanes of at least 4 members (excludes halogenated alkanes) is 1. The Balaban J connectivity index is 2.29. The fourth-order valence-electron chi connectivity index (χ4n) is 2.82. The highest BCUT2D eigenvalue weighted by molar-refractivity contribution is 6.05. The van der Waals surface area contributed by atoms with Crippen molar-refractivity contribution in [3.05, 3.63) is 56.7 Å². The number of carbonyl (C=O) groups is 1. The molecule has 8 nitrogen and oxygen atoms in total. The molecule has 1 aromatic carbocycles. The first kappa shape index (κ1) is 22.9. The van der Waals surface area contributed by atoms with Crippen molar-refractivity contribution in [2.24, 2.45) is 0 Å². The van der Waals surface area contributed by atoms with Crippen LogP contribution in [0.1, 0.15) is 32.3 Å². The second-order valence-electron chi connectivity index (χ2n) is 6.36. The van der Waals surface area contributed by atoms with E-state index >= 15 is 0 Å². The minimum Gasteiger partial charge on any atom is -0.435 e. The van der Waals surface area contributed by atoms with Crippen molar-refractivity contribution in [3.63, 3.8) is 0 Å². The largest absolute Gasteiger partial charge is 0.435 e. The molecule has 30 heavy (non-hydrogen) atoms. The highest BCUT2D eigenvalue weighted by atomic mass is 19.3. The Kier molecular flexibility index (Phi) is 7.90. The van der Waals surface area contributed by atoms with E-state index in [1.54, 1.807) is 6.92 Å². The number of benzene rings is 1. The van der Waals surface area contributed by atoms with Crippen LogP contribution in [0.3, 0.4) is 0 Å². The maximum atomic E-state index is 12.7. The molecule has 3 N–H and O–H groups in total. The average Bonchev–Trinajstić information content (AvgIpc) is 2.69. The smallest absolute Gasteiger partial charge is 0.387 e. The summed E-state index contributed by atoms with van der Waals surface area (Å²) >= 11 is 0. The number of anilines is 2. The number of halogens is 2. The summed E-state index contributed by atoms with van der Waals surface area (Å²) in [5, 5.41) is 0. The zero-order valence-electron chi connectivity index (χ0n) is 16.7. The van der Waals surface area contributed by atoms with Gasteiger partial charge in [0.25, 0.3) is 11.5 Å². The Morgan fingerprint density at radius 3 is 2.50 bits per heavy atom. The Hall–Kier alpha value is -3.43. The SMILES string of the molecule is CCCCn1c(N)c(N(CC)C(=O)C=Cc2ccc(OC(F)F)cc2)c(=O)[nH]c1=O. The molecule has 162 valence electrons. The van der Waals surface area contributed by atoms with Gasteiger partial charge in [-0.1, -0.05) is 25.5 Å². The lowest BCUT2D eigenvalue weighted by Gasteiger charge is -2.21. The van der Waals surface area contributed by atoms with E-state index in [0.29, 0.717) is 18.5 Å². The molecule has 0 aliphatic rings. The number of nitrogen functional groups attached to an aromatic ring is 1. The summed E-state index contributed by atoms with van der Waals surface area (Å²) in [6.07, 6.45) is 4.20. The number of alkyl halides is 2. The van der Waals surface area contributed by atoms with Crippen LogP contribution in [0.4, 0.5) is 20.3 Å². The van der Waals surface area contributed by atoms with E-state index in [2.05, 4.69) is 9.72 Å². The molecule has 0 saturated carbocycles. The molecule has 0 saturated heterocycles. The number of hydrogen-bond acceptors (Lipinski definition) is 5. The summed E-state index contributed by atoms with van der Waals surface area (Å²) in [5.41, 5.74) is 5.15. The van der Waals surface area contributed by atoms with E-state index in [-0.39, 0.29) is 23.8 Å². The summed E-state index contributed by atoms with van der Waals surface area (Å²) in [5.74, 6) is -0.602. The Morgan fingerprint density at radius 1 is 1.27 bits per heavy atom. The lowest BCUT2D eigenvalue weighted by Crippen LogP contribution is -2.40. The summed E-state index contributed by atoms with van der Waals surface area (Å²) in [6, 6.07) is 5.70. The molecule has 0 aliphatic heterocycles. The number of H-pyrrole nitrogens is 1. The number of likely N-dealkylation sites (N-methyl/N-ethyl adjacent to an activating group) is 1. The monoisotopic (exact) mass is 422 g/mol. The van der Waals surface area contributed by atoms with Crippen LogP contribution in [0.2, 0.25) is 0 Å². The van der Waals surface area contributed by atoms with Crippen LogP contribution in [-0.2, 0) is 11.3 Å². The van der Waals surface area contributed by atoms with Crippen molar-refractivity contribution in [2.45, 2.75) is 39.8 Å². The van der Waals surface area contributed by atoms with Crippen LogP contribution < -0.4 is 26.6 Å². The quantitative estimate of drug-likeness (QED) is 0.604. The van der Waals surface area contributed by atoms with Crippen LogP contribution in [-0.4, -0.2) is 28.6 Å². The second-order valence-corrected chi connectivity index (χ2v) is 6.36. The van der Waals surface area contributed by atoms with Gasteiger partial charge in [0, 0.05) is 19.2 Å². The summed E-state index contributed by atoms with van der Waals surface area (Å²) < 4.78 is 29.9. The number of ether oxygens (including phenoxy) is 1. The van der Waals surface area contributed by atoms with E-state index in [1.807, 2.05) is 6.92 Å². The predicted molar refractivity (Wildman–Crippen MR) is 111 cm³/mol. The molecule has 1 heterocycles. The number of nitrogens with two attached hydrogens (primary N) is 1. The van der Waals surface area contributed by atoms with Crippen molar-refractivity contribution in [2.75, 3.05) is 17.2 Å². The highest BCUT2D eigenvalue weighted by Gasteiger charge is 2.21. The van der Waals surface area contributed by atoms with Gasteiger partial charge in [-0.2, -0.15) is 8.78 Å². The lowest BCUT2D eigenvalue weighted by atomic mass is 10.2. The van der Waals surface area contributed by atoms with Gasteiger partial charge >= 0.3 is 12.3 Å². The number of nitrogens with one attached hydrogen (secondary N) is 1. The molecule has 0 bridgehead atoms. The van der Waals surface area contributed by atoms with Gasteiger partial charge in [0.2, 0.25) is 0 Å². The summed E-state index contributed by atoms with van der Waals surface area (Å²) in [4.78, 5) is 40.5. The number of hydrogen-bond donors (Lipinski definition) is 2. The van der Waals surface area contributed by atoms with Crippen LogP contribution in [0.5, 0.6) is 5.75 Å². The van der Waals surface area contributed by atoms with E-state index in [9.17, 15) is 23.2 Å². The topological polar surface area (TPSA) is 110 Å². The van der Waals surface area contributed by atoms with E-state index in [0.717, 1.165) is 6.42 Å². The minimum atomic E-state index is -2.92. The van der Waals surface area contributed by atoms with Crippen molar-refractivity contribution in [1.29, 1.82) is 0 Å². The molecule has 0 atom stereocenters. The van der Waals surface area contributed by atoms with Crippen molar-refractivity contribution in [3.8, 4) is 5.75 Å². The highest BCUT2D eigenvalue weighted by Crippen LogP contribution is 2.19. The molecular formula is C20H24F2N4O4. The molecule has 2 rings (SSSR count). The Bertz CT molecular complexity index is 1010. The first-order valence-electron chi connectivity index (χ1n) is 9.45. The first-order valence-corrected chi connectivity index (χ1v) is 9.45. The molecule has 2 aromatic rings. The van der Waals surface area contributed by atoms with Crippen molar-refractivity contribution >= 4 is 23.5 Å². The number of rotatable bonds is 9.